The van der Waals surface area contributed by atoms with Crippen LogP contribution < -0.4 is 11.1 Å². The molecule has 0 aliphatic carbocycles. The number of nitrogen functional groups attached to an aromatic ring is 1. The van der Waals surface area contributed by atoms with E-state index in [9.17, 15) is 13.4 Å². The van der Waals surface area contributed by atoms with Gasteiger partial charge in [-0.3, -0.25) is 9.00 Å². The van der Waals surface area contributed by atoms with E-state index in [1.54, 1.807) is 0 Å². The van der Waals surface area contributed by atoms with Crippen LogP contribution in [0.3, 0.4) is 0 Å². The molecule has 18 heavy (non-hydrogen) atoms. The predicted molar refractivity (Wildman–Crippen MR) is 67.0 cm³/mol. The first kappa shape index (κ1) is 12.9. The number of pyridine rings is 1. The number of rotatable bonds is 2. The van der Waals surface area contributed by atoms with Crippen molar-refractivity contribution in [2.24, 2.45) is 0 Å². The highest BCUT2D eigenvalue weighted by Gasteiger charge is 2.22. The molecule has 0 spiro atoms. The molecule has 1 saturated heterocycles. The summed E-state index contributed by atoms with van der Waals surface area (Å²) in [6.45, 7) is 0. The van der Waals surface area contributed by atoms with Gasteiger partial charge in [0.15, 0.2) is 11.6 Å². The number of carbonyl (C=O) groups excluding carboxylic acids is 1. The van der Waals surface area contributed by atoms with E-state index in [0.29, 0.717) is 24.3 Å². The molecule has 1 aromatic heterocycles. The lowest BCUT2D eigenvalue weighted by Gasteiger charge is -2.22. The largest absolute Gasteiger partial charge is 0.381 e. The van der Waals surface area contributed by atoms with Crippen molar-refractivity contribution < 1.29 is 13.4 Å². The Kier molecular flexibility index (Phi) is 3.90. The summed E-state index contributed by atoms with van der Waals surface area (Å²) in [5, 5.41) is 2.73. The minimum absolute atomic E-state index is 0.0519. The number of hydrogen-bond acceptors (Lipinski definition) is 4. The Morgan fingerprint density at radius 3 is 2.83 bits per heavy atom. The minimum Gasteiger partial charge on any atom is -0.381 e. The minimum atomic E-state index is -0.797. The molecule has 1 aliphatic rings. The highest BCUT2D eigenvalue weighted by atomic mass is 32.2. The summed E-state index contributed by atoms with van der Waals surface area (Å²) >= 11 is 0. The van der Waals surface area contributed by atoms with E-state index in [0.717, 1.165) is 0 Å². The lowest BCUT2D eigenvalue weighted by molar-refractivity contribution is 0.0930. The van der Waals surface area contributed by atoms with Crippen molar-refractivity contribution in [3.8, 4) is 0 Å². The van der Waals surface area contributed by atoms with E-state index < -0.39 is 22.5 Å². The predicted octanol–water partition coefficient (Wildman–Crippen LogP) is 0.444. The summed E-state index contributed by atoms with van der Waals surface area (Å²) in [4.78, 5) is 15.4. The normalized spacial score (nSPS) is 23.6. The van der Waals surface area contributed by atoms with Crippen LogP contribution in [0.2, 0.25) is 0 Å². The molecule has 1 amide bonds. The second kappa shape index (κ2) is 5.43. The van der Waals surface area contributed by atoms with E-state index in [4.69, 9.17) is 5.73 Å². The average molecular weight is 271 g/mol. The first-order valence-corrected chi connectivity index (χ1v) is 7.12. The summed E-state index contributed by atoms with van der Waals surface area (Å²) in [5.41, 5.74) is 5.20. The van der Waals surface area contributed by atoms with Gasteiger partial charge in [0.1, 0.15) is 0 Å². The van der Waals surface area contributed by atoms with Gasteiger partial charge in [-0.05, 0) is 18.9 Å². The standard InChI is InChI=1S/C11H14FN3O2S/c12-9-8(1-4-14-10(9)13)11(16)15-7-2-5-18(17)6-3-7/h1,4,7H,2-3,5-6H2,(H2,13,14)(H,15,16). The van der Waals surface area contributed by atoms with Gasteiger partial charge < -0.3 is 11.1 Å². The number of nitrogens with two attached hydrogens (primary N) is 1. The van der Waals surface area contributed by atoms with Crippen molar-refractivity contribution in [1.29, 1.82) is 0 Å². The molecule has 98 valence electrons. The van der Waals surface area contributed by atoms with Crippen molar-refractivity contribution >= 4 is 22.5 Å². The molecule has 3 N–H and O–H groups in total. The Morgan fingerprint density at radius 1 is 1.50 bits per heavy atom. The van der Waals surface area contributed by atoms with Gasteiger partial charge in [-0.2, -0.15) is 0 Å². The van der Waals surface area contributed by atoms with Crippen LogP contribution in [-0.2, 0) is 10.8 Å². The first-order chi connectivity index (χ1) is 8.58. The summed E-state index contributed by atoms with van der Waals surface area (Å²) in [6.07, 6.45) is 2.60. The number of nitrogens with zero attached hydrogens (tertiary/aromatic N) is 1. The molecule has 2 heterocycles. The van der Waals surface area contributed by atoms with Crippen LogP contribution in [0.25, 0.3) is 0 Å². The molecule has 0 saturated carbocycles. The fraction of sp³-hybridized carbons (Fsp3) is 0.455. The molecule has 0 atom stereocenters. The third-order valence-electron chi connectivity index (χ3n) is 2.88. The van der Waals surface area contributed by atoms with E-state index in [-0.39, 0.29) is 17.4 Å². The van der Waals surface area contributed by atoms with Crippen LogP contribution in [0.5, 0.6) is 0 Å². The molecule has 0 aromatic carbocycles. The molecule has 1 fully saturated rings. The first-order valence-electron chi connectivity index (χ1n) is 5.63. The maximum absolute atomic E-state index is 13.6. The highest BCUT2D eigenvalue weighted by Crippen LogP contribution is 2.14. The highest BCUT2D eigenvalue weighted by molar-refractivity contribution is 7.85. The Bertz CT molecular complexity index is 485. The monoisotopic (exact) mass is 271 g/mol. The molecule has 7 heteroatoms. The van der Waals surface area contributed by atoms with Crippen molar-refractivity contribution in [3.63, 3.8) is 0 Å². The van der Waals surface area contributed by atoms with Gasteiger partial charge in [0, 0.05) is 34.5 Å². The molecule has 0 unspecified atom stereocenters. The van der Waals surface area contributed by atoms with Gasteiger partial charge in [-0.15, -0.1) is 0 Å². The number of carbonyl (C=O) groups is 1. The average Bonchev–Trinajstić information content (AvgIpc) is 2.35. The van der Waals surface area contributed by atoms with Gasteiger partial charge in [0.25, 0.3) is 5.91 Å². The van der Waals surface area contributed by atoms with Gasteiger partial charge in [0.2, 0.25) is 0 Å². The fourth-order valence-electron chi connectivity index (χ4n) is 1.84. The lowest BCUT2D eigenvalue weighted by Crippen LogP contribution is -2.39. The number of hydrogen-bond donors (Lipinski definition) is 2. The zero-order chi connectivity index (χ0) is 13.1. The Morgan fingerprint density at radius 2 is 2.17 bits per heavy atom. The number of aromatic nitrogens is 1. The van der Waals surface area contributed by atoms with E-state index in [2.05, 4.69) is 10.3 Å². The molecular weight excluding hydrogens is 257 g/mol. The topological polar surface area (TPSA) is 85.1 Å². The van der Waals surface area contributed by atoms with E-state index in [1.165, 1.54) is 12.3 Å². The Balaban J connectivity index is 2.03. The second-order valence-corrected chi connectivity index (χ2v) is 5.85. The number of nitrogens with one attached hydrogen (secondary N) is 1. The number of halogens is 1. The third kappa shape index (κ3) is 2.84. The van der Waals surface area contributed by atoms with Crippen molar-refractivity contribution in [1.82, 2.24) is 10.3 Å². The number of anilines is 1. The van der Waals surface area contributed by atoms with Crippen LogP contribution in [0.1, 0.15) is 23.2 Å². The summed E-state index contributed by atoms with van der Waals surface area (Å²) < 4.78 is 24.7. The van der Waals surface area contributed by atoms with Crippen LogP contribution in [0.4, 0.5) is 10.2 Å². The van der Waals surface area contributed by atoms with Crippen LogP contribution >= 0.6 is 0 Å². The van der Waals surface area contributed by atoms with Crippen LogP contribution in [-0.4, -0.2) is 32.6 Å². The lowest BCUT2D eigenvalue weighted by atomic mass is 10.1. The van der Waals surface area contributed by atoms with Gasteiger partial charge in [-0.1, -0.05) is 0 Å². The smallest absolute Gasteiger partial charge is 0.254 e. The molecule has 1 aliphatic heterocycles. The second-order valence-electron chi connectivity index (χ2n) is 4.15. The molecule has 2 rings (SSSR count). The van der Waals surface area contributed by atoms with Gasteiger partial charge in [0.05, 0.1) is 5.56 Å². The number of amides is 1. The maximum atomic E-state index is 13.6. The van der Waals surface area contributed by atoms with E-state index >= 15 is 0 Å². The molecular formula is C11H14FN3O2S. The Hall–Kier alpha value is -1.50. The summed E-state index contributed by atoms with van der Waals surface area (Å²) in [6, 6.07) is 1.24. The van der Waals surface area contributed by atoms with Crippen LogP contribution in [0, 0.1) is 5.82 Å². The van der Waals surface area contributed by atoms with Gasteiger partial charge >= 0.3 is 0 Å². The van der Waals surface area contributed by atoms with Crippen LogP contribution in [0.15, 0.2) is 12.3 Å². The zero-order valence-electron chi connectivity index (χ0n) is 9.69. The molecule has 0 radical (unpaired) electrons. The molecule has 5 nitrogen and oxygen atoms in total. The summed E-state index contributed by atoms with van der Waals surface area (Å²) in [7, 11) is -0.784. The quantitative estimate of drug-likeness (QED) is 0.817. The van der Waals surface area contributed by atoms with Crippen molar-refractivity contribution in [3.05, 3.63) is 23.6 Å². The zero-order valence-corrected chi connectivity index (χ0v) is 10.5. The molecule has 1 aromatic rings. The third-order valence-corrected chi connectivity index (χ3v) is 4.27. The summed E-state index contributed by atoms with van der Waals surface area (Å²) in [5.74, 6) is -0.432. The van der Waals surface area contributed by atoms with E-state index in [1.807, 2.05) is 0 Å². The van der Waals surface area contributed by atoms with Crippen molar-refractivity contribution in [2.45, 2.75) is 18.9 Å². The van der Waals surface area contributed by atoms with Gasteiger partial charge in [-0.25, -0.2) is 9.37 Å². The Labute approximate surface area is 106 Å². The maximum Gasteiger partial charge on any atom is 0.254 e. The molecule has 0 bridgehead atoms. The van der Waals surface area contributed by atoms with Crippen molar-refractivity contribution in [2.75, 3.05) is 17.2 Å². The SMILES string of the molecule is Nc1nccc(C(=O)NC2CCS(=O)CC2)c1F. The fourth-order valence-corrected chi connectivity index (χ4v) is 3.14.